The number of thioether (sulfide) groups is 1. The van der Waals surface area contributed by atoms with E-state index in [-0.39, 0.29) is 12.6 Å². The lowest BCUT2D eigenvalue weighted by Crippen LogP contribution is -2.24. The lowest BCUT2D eigenvalue weighted by atomic mass is 10.2. The fourth-order valence-electron chi connectivity index (χ4n) is 1.44. The van der Waals surface area contributed by atoms with Crippen molar-refractivity contribution in [3.05, 3.63) is 29.8 Å². The van der Waals surface area contributed by atoms with Crippen molar-refractivity contribution in [2.45, 2.75) is 19.4 Å². The van der Waals surface area contributed by atoms with Crippen LogP contribution in [0.1, 0.15) is 12.0 Å². The van der Waals surface area contributed by atoms with Crippen LogP contribution in [0.25, 0.3) is 0 Å². The van der Waals surface area contributed by atoms with Gasteiger partial charge in [0.1, 0.15) is 0 Å². The molecule has 2 N–H and O–H groups in total. The molecular formula is C12H19NOS. The number of rotatable bonds is 6. The molecule has 1 unspecified atom stereocenters. The van der Waals surface area contributed by atoms with E-state index in [1.807, 2.05) is 23.9 Å². The summed E-state index contributed by atoms with van der Waals surface area (Å²) in [5, 5.41) is 12.6. The summed E-state index contributed by atoms with van der Waals surface area (Å²) in [6.07, 6.45) is 3.08. The number of aliphatic hydroxyl groups excluding tert-OH is 1. The molecule has 2 nitrogen and oxygen atoms in total. The van der Waals surface area contributed by atoms with E-state index in [0.29, 0.717) is 0 Å². The summed E-state index contributed by atoms with van der Waals surface area (Å²) < 4.78 is 0. The van der Waals surface area contributed by atoms with Crippen molar-refractivity contribution in [3.63, 3.8) is 0 Å². The molecule has 0 heterocycles. The monoisotopic (exact) mass is 225 g/mol. The SMILES string of the molecule is CSCCC(CO)Nc1cccc(C)c1. The Labute approximate surface area is 96.1 Å². The number of aliphatic hydroxyl groups is 1. The Balaban J connectivity index is 2.50. The molecule has 0 fully saturated rings. The van der Waals surface area contributed by atoms with Gasteiger partial charge >= 0.3 is 0 Å². The summed E-state index contributed by atoms with van der Waals surface area (Å²) in [5.74, 6) is 1.07. The second-order valence-electron chi connectivity index (χ2n) is 3.67. The highest BCUT2D eigenvalue weighted by Crippen LogP contribution is 2.12. The van der Waals surface area contributed by atoms with Crippen LogP contribution in [0, 0.1) is 6.92 Å². The third kappa shape index (κ3) is 4.58. The van der Waals surface area contributed by atoms with E-state index in [1.165, 1.54) is 5.56 Å². The van der Waals surface area contributed by atoms with Crippen LogP contribution >= 0.6 is 11.8 Å². The van der Waals surface area contributed by atoms with Crippen molar-refractivity contribution in [3.8, 4) is 0 Å². The van der Waals surface area contributed by atoms with Crippen LogP contribution in [0.3, 0.4) is 0 Å². The quantitative estimate of drug-likeness (QED) is 0.780. The minimum absolute atomic E-state index is 0.166. The van der Waals surface area contributed by atoms with Crippen LogP contribution in [-0.2, 0) is 0 Å². The predicted molar refractivity (Wildman–Crippen MR) is 68.7 cm³/mol. The molecule has 3 heteroatoms. The van der Waals surface area contributed by atoms with E-state index in [0.717, 1.165) is 17.9 Å². The lowest BCUT2D eigenvalue weighted by Gasteiger charge is -2.17. The van der Waals surface area contributed by atoms with Gasteiger partial charge < -0.3 is 10.4 Å². The number of hydrogen-bond acceptors (Lipinski definition) is 3. The van der Waals surface area contributed by atoms with Gasteiger partial charge in [-0.1, -0.05) is 12.1 Å². The maximum absolute atomic E-state index is 9.21. The van der Waals surface area contributed by atoms with Crippen molar-refractivity contribution >= 4 is 17.4 Å². The third-order valence-corrected chi connectivity index (χ3v) is 2.92. The molecule has 0 aliphatic rings. The third-order valence-electron chi connectivity index (χ3n) is 2.28. The molecule has 0 bridgehead atoms. The van der Waals surface area contributed by atoms with E-state index in [4.69, 9.17) is 0 Å². The topological polar surface area (TPSA) is 32.3 Å². The molecule has 15 heavy (non-hydrogen) atoms. The van der Waals surface area contributed by atoms with E-state index >= 15 is 0 Å². The van der Waals surface area contributed by atoms with Crippen LogP contribution in [0.15, 0.2) is 24.3 Å². The molecule has 0 aliphatic carbocycles. The second kappa shape index (κ2) is 6.75. The summed E-state index contributed by atoms with van der Waals surface area (Å²) in [7, 11) is 0. The summed E-state index contributed by atoms with van der Waals surface area (Å²) in [5.41, 5.74) is 2.33. The maximum atomic E-state index is 9.21. The molecule has 0 aromatic heterocycles. The van der Waals surface area contributed by atoms with Gasteiger partial charge in [0.25, 0.3) is 0 Å². The van der Waals surface area contributed by atoms with E-state index < -0.39 is 0 Å². The van der Waals surface area contributed by atoms with Gasteiger partial charge in [0.2, 0.25) is 0 Å². The average molecular weight is 225 g/mol. The molecule has 0 saturated heterocycles. The summed E-state index contributed by atoms with van der Waals surface area (Å²) in [4.78, 5) is 0. The minimum Gasteiger partial charge on any atom is -0.394 e. The number of aryl methyl sites for hydroxylation is 1. The number of nitrogens with one attached hydrogen (secondary N) is 1. The molecule has 1 rings (SSSR count). The first kappa shape index (κ1) is 12.4. The molecule has 0 radical (unpaired) electrons. The van der Waals surface area contributed by atoms with Crippen molar-refractivity contribution in [1.29, 1.82) is 0 Å². The molecular weight excluding hydrogens is 206 g/mol. The zero-order chi connectivity index (χ0) is 11.1. The van der Waals surface area contributed by atoms with Gasteiger partial charge in [-0.05, 0) is 43.0 Å². The normalized spacial score (nSPS) is 12.5. The molecule has 1 atom stereocenters. The van der Waals surface area contributed by atoms with E-state index in [2.05, 4.69) is 30.6 Å². The second-order valence-corrected chi connectivity index (χ2v) is 4.66. The van der Waals surface area contributed by atoms with Gasteiger partial charge in [0.15, 0.2) is 0 Å². The average Bonchev–Trinajstić information content (AvgIpc) is 2.24. The summed E-state index contributed by atoms with van der Waals surface area (Å²) >= 11 is 1.81. The smallest absolute Gasteiger partial charge is 0.0633 e. The van der Waals surface area contributed by atoms with Crippen LogP contribution < -0.4 is 5.32 Å². The Morgan fingerprint density at radius 1 is 1.47 bits per heavy atom. The largest absolute Gasteiger partial charge is 0.394 e. The van der Waals surface area contributed by atoms with Crippen molar-refractivity contribution in [1.82, 2.24) is 0 Å². The Hall–Kier alpha value is -0.670. The van der Waals surface area contributed by atoms with Gasteiger partial charge in [-0.25, -0.2) is 0 Å². The summed E-state index contributed by atoms with van der Waals surface area (Å²) in [6, 6.07) is 8.40. The van der Waals surface area contributed by atoms with Crippen LogP contribution in [0.4, 0.5) is 5.69 Å². The molecule has 0 spiro atoms. The maximum Gasteiger partial charge on any atom is 0.0633 e. The van der Waals surface area contributed by atoms with Gasteiger partial charge in [-0.2, -0.15) is 11.8 Å². The molecule has 84 valence electrons. The molecule has 1 aromatic rings. The fourth-order valence-corrected chi connectivity index (χ4v) is 1.96. The Bertz CT molecular complexity index is 291. The first-order valence-corrected chi connectivity index (χ1v) is 6.58. The molecule has 1 aromatic carbocycles. The van der Waals surface area contributed by atoms with Gasteiger partial charge in [0, 0.05) is 11.7 Å². The number of hydrogen-bond donors (Lipinski definition) is 2. The zero-order valence-electron chi connectivity index (χ0n) is 9.36. The van der Waals surface area contributed by atoms with Gasteiger partial charge in [-0.15, -0.1) is 0 Å². The predicted octanol–water partition coefficient (Wildman–Crippen LogP) is 2.52. The van der Waals surface area contributed by atoms with Crippen molar-refractivity contribution < 1.29 is 5.11 Å². The first-order valence-electron chi connectivity index (χ1n) is 5.19. The Kier molecular flexibility index (Phi) is 5.58. The summed E-state index contributed by atoms with van der Waals surface area (Å²) in [6.45, 7) is 2.26. The fraction of sp³-hybridized carbons (Fsp3) is 0.500. The highest BCUT2D eigenvalue weighted by Gasteiger charge is 2.06. The van der Waals surface area contributed by atoms with Crippen LogP contribution in [0.5, 0.6) is 0 Å². The van der Waals surface area contributed by atoms with Crippen LogP contribution in [-0.4, -0.2) is 29.8 Å². The Morgan fingerprint density at radius 2 is 2.27 bits per heavy atom. The highest BCUT2D eigenvalue weighted by atomic mass is 32.2. The van der Waals surface area contributed by atoms with Crippen molar-refractivity contribution in [2.24, 2.45) is 0 Å². The number of benzene rings is 1. The minimum atomic E-state index is 0.166. The standard InChI is InChI=1S/C12H19NOS/c1-10-4-3-5-11(8-10)13-12(9-14)6-7-15-2/h3-5,8,12-14H,6-7,9H2,1-2H3. The first-order chi connectivity index (χ1) is 7.26. The molecule has 0 aliphatic heterocycles. The number of anilines is 1. The highest BCUT2D eigenvalue weighted by molar-refractivity contribution is 7.98. The van der Waals surface area contributed by atoms with Gasteiger partial charge in [-0.3, -0.25) is 0 Å². The molecule has 0 amide bonds. The van der Waals surface area contributed by atoms with Crippen LogP contribution in [0.2, 0.25) is 0 Å². The van der Waals surface area contributed by atoms with E-state index in [1.54, 1.807) is 0 Å². The molecule has 0 saturated carbocycles. The van der Waals surface area contributed by atoms with Gasteiger partial charge in [0.05, 0.1) is 6.61 Å². The Morgan fingerprint density at radius 3 is 2.87 bits per heavy atom. The van der Waals surface area contributed by atoms with E-state index in [9.17, 15) is 5.11 Å². The zero-order valence-corrected chi connectivity index (χ0v) is 10.2. The van der Waals surface area contributed by atoms with Crippen molar-refractivity contribution in [2.75, 3.05) is 23.9 Å². The lowest BCUT2D eigenvalue weighted by molar-refractivity contribution is 0.272.